The standard InChI is InChI=1S/C30H24N2O6/c33-17-21-9-3-1-7-19(21)11-5-13-31-27(35)23-15-25-26(16-24(23)28(31)36)30(38)32(29(25)37)14-6-12-20-8-2-4-10-22(20)18-34/h1-4,7-10,15-18H,5-6,11-14H2. The van der Waals surface area contributed by atoms with Gasteiger partial charge in [-0.3, -0.25) is 37.9 Å². The van der Waals surface area contributed by atoms with Crippen LogP contribution in [0.5, 0.6) is 0 Å². The van der Waals surface area contributed by atoms with Gasteiger partial charge in [0.05, 0.1) is 21.5 Å². The summed E-state index contributed by atoms with van der Waals surface area (Å²) in [6.07, 6.45) is 3.52. The molecular weight excluding hydrogens is 484 g/mol. The zero-order valence-corrected chi connectivity index (χ0v) is 20.5. The topological polar surface area (TPSA) is 112 Å². The lowest BCUT2D eigenvalue weighted by atomic mass is 10.0. The molecule has 0 atom stereocenters. The van der Waals surface area contributed by atoms with Gasteiger partial charge in [0.2, 0.25) is 0 Å². The average Bonchev–Trinajstić information content (AvgIpc) is 3.32. The smallest absolute Gasteiger partial charge is 0.261 e. The highest BCUT2D eigenvalue weighted by Crippen LogP contribution is 2.16. The number of aromatic nitrogens is 2. The number of hydrogen-bond acceptors (Lipinski definition) is 6. The molecule has 0 bridgehead atoms. The van der Waals surface area contributed by atoms with Crippen molar-refractivity contribution in [3.05, 3.63) is 124 Å². The van der Waals surface area contributed by atoms with Crippen molar-refractivity contribution in [3.63, 3.8) is 0 Å². The van der Waals surface area contributed by atoms with E-state index < -0.39 is 22.2 Å². The van der Waals surface area contributed by atoms with Crippen LogP contribution in [0.2, 0.25) is 0 Å². The normalized spacial score (nSPS) is 11.4. The summed E-state index contributed by atoms with van der Waals surface area (Å²) in [5.41, 5.74) is 0.817. The molecule has 0 aliphatic rings. The quantitative estimate of drug-likeness (QED) is 0.268. The highest BCUT2D eigenvalue weighted by Gasteiger charge is 2.19. The number of rotatable bonds is 10. The lowest BCUT2D eigenvalue weighted by molar-refractivity contribution is 0.111. The molecule has 8 heteroatoms. The number of aldehydes is 2. The highest BCUT2D eigenvalue weighted by atomic mass is 16.2. The molecule has 5 rings (SSSR count). The Labute approximate surface area is 216 Å². The van der Waals surface area contributed by atoms with E-state index >= 15 is 0 Å². The highest BCUT2D eigenvalue weighted by molar-refractivity contribution is 5.97. The Hall–Kier alpha value is -4.72. The van der Waals surface area contributed by atoms with Gasteiger partial charge in [-0.15, -0.1) is 0 Å². The van der Waals surface area contributed by atoms with E-state index in [-0.39, 0.29) is 34.6 Å². The van der Waals surface area contributed by atoms with Crippen molar-refractivity contribution >= 4 is 34.1 Å². The molecular formula is C30H24N2O6. The van der Waals surface area contributed by atoms with Gasteiger partial charge < -0.3 is 0 Å². The first-order chi connectivity index (χ1) is 18.4. The van der Waals surface area contributed by atoms with Gasteiger partial charge in [-0.25, -0.2) is 0 Å². The molecule has 0 saturated carbocycles. The Bertz CT molecular complexity index is 1690. The first-order valence-corrected chi connectivity index (χ1v) is 12.4. The van der Waals surface area contributed by atoms with Crippen molar-refractivity contribution in [2.24, 2.45) is 0 Å². The Kier molecular flexibility index (Phi) is 6.79. The first-order valence-electron chi connectivity index (χ1n) is 12.4. The molecule has 5 aromatic rings. The minimum Gasteiger partial charge on any atom is -0.298 e. The molecule has 0 unspecified atom stereocenters. The van der Waals surface area contributed by atoms with Crippen LogP contribution in [0.1, 0.15) is 44.7 Å². The van der Waals surface area contributed by atoms with Gasteiger partial charge >= 0.3 is 0 Å². The maximum Gasteiger partial charge on any atom is 0.261 e. The molecule has 0 fully saturated rings. The molecule has 2 aromatic heterocycles. The van der Waals surface area contributed by atoms with Gasteiger partial charge in [0.25, 0.3) is 22.2 Å². The van der Waals surface area contributed by atoms with Crippen LogP contribution in [0.25, 0.3) is 21.5 Å². The average molecular weight is 509 g/mol. The number of carbonyl (C=O) groups excluding carboxylic acids is 2. The van der Waals surface area contributed by atoms with E-state index in [2.05, 4.69) is 0 Å². The maximum atomic E-state index is 13.0. The molecule has 3 aromatic carbocycles. The van der Waals surface area contributed by atoms with Crippen LogP contribution in [0, 0.1) is 0 Å². The number of hydrogen-bond donors (Lipinski definition) is 0. The molecule has 0 N–H and O–H groups in total. The fraction of sp³-hybridized carbons (Fsp3) is 0.200. The number of fused-ring (bicyclic) bond motifs is 2. The van der Waals surface area contributed by atoms with Crippen LogP contribution in [-0.2, 0) is 25.9 Å². The lowest BCUT2D eigenvalue weighted by Gasteiger charge is -2.04. The summed E-state index contributed by atoms with van der Waals surface area (Å²) in [4.78, 5) is 74.6. The van der Waals surface area contributed by atoms with E-state index in [1.54, 1.807) is 24.3 Å². The minimum absolute atomic E-state index is 0.116. The Morgan fingerprint density at radius 3 is 1.21 bits per heavy atom. The van der Waals surface area contributed by atoms with Gasteiger partial charge in [0.15, 0.2) is 0 Å². The second-order valence-corrected chi connectivity index (χ2v) is 9.31. The van der Waals surface area contributed by atoms with E-state index in [4.69, 9.17) is 0 Å². The van der Waals surface area contributed by atoms with E-state index in [1.807, 2.05) is 24.3 Å². The number of aryl methyl sites for hydroxylation is 2. The Balaban J connectivity index is 1.41. The fourth-order valence-electron chi connectivity index (χ4n) is 5.09. The molecule has 2 heterocycles. The molecule has 0 radical (unpaired) electrons. The predicted octanol–water partition coefficient (Wildman–Crippen LogP) is 2.80. The second kappa shape index (κ2) is 10.3. The molecule has 38 heavy (non-hydrogen) atoms. The number of nitrogens with zero attached hydrogens (tertiary/aromatic N) is 2. The first kappa shape index (κ1) is 25.0. The summed E-state index contributed by atoms with van der Waals surface area (Å²) in [6, 6.07) is 17.0. The maximum absolute atomic E-state index is 13.0. The summed E-state index contributed by atoms with van der Waals surface area (Å²) >= 11 is 0. The van der Waals surface area contributed by atoms with Gasteiger partial charge in [0, 0.05) is 24.2 Å². The Morgan fingerprint density at radius 2 is 0.868 bits per heavy atom. The van der Waals surface area contributed by atoms with Crippen molar-refractivity contribution in [1.29, 1.82) is 0 Å². The zero-order chi connectivity index (χ0) is 26.8. The molecule has 0 aliphatic heterocycles. The number of benzene rings is 3. The van der Waals surface area contributed by atoms with Crippen LogP contribution >= 0.6 is 0 Å². The third-order valence-corrected chi connectivity index (χ3v) is 7.08. The predicted molar refractivity (Wildman–Crippen MR) is 145 cm³/mol. The van der Waals surface area contributed by atoms with E-state index in [9.17, 15) is 28.8 Å². The van der Waals surface area contributed by atoms with E-state index in [0.717, 1.165) is 32.8 Å². The summed E-state index contributed by atoms with van der Waals surface area (Å²) in [6.45, 7) is 0.307. The molecule has 0 amide bonds. The van der Waals surface area contributed by atoms with Gasteiger partial charge in [-0.1, -0.05) is 48.5 Å². The van der Waals surface area contributed by atoms with E-state index in [1.165, 1.54) is 12.1 Å². The summed E-state index contributed by atoms with van der Waals surface area (Å²) in [5.74, 6) is 0. The van der Waals surface area contributed by atoms with Crippen molar-refractivity contribution in [3.8, 4) is 0 Å². The van der Waals surface area contributed by atoms with Crippen LogP contribution in [0.15, 0.2) is 79.8 Å². The van der Waals surface area contributed by atoms with Crippen molar-refractivity contribution in [1.82, 2.24) is 9.13 Å². The molecule has 0 saturated heterocycles. The number of carbonyl (C=O) groups is 2. The largest absolute Gasteiger partial charge is 0.298 e. The van der Waals surface area contributed by atoms with Crippen molar-refractivity contribution < 1.29 is 9.59 Å². The van der Waals surface area contributed by atoms with Gasteiger partial charge in [0.1, 0.15) is 12.6 Å². The van der Waals surface area contributed by atoms with Crippen molar-refractivity contribution in [2.45, 2.75) is 38.8 Å². The van der Waals surface area contributed by atoms with Gasteiger partial charge in [-0.2, -0.15) is 0 Å². The fourth-order valence-corrected chi connectivity index (χ4v) is 5.09. The molecule has 190 valence electrons. The summed E-state index contributed by atoms with van der Waals surface area (Å²) in [7, 11) is 0. The van der Waals surface area contributed by atoms with Gasteiger partial charge in [-0.05, 0) is 48.9 Å². The monoisotopic (exact) mass is 508 g/mol. The molecule has 0 spiro atoms. The van der Waals surface area contributed by atoms with Crippen LogP contribution in [0.4, 0.5) is 0 Å². The molecule has 0 aliphatic carbocycles. The van der Waals surface area contributed by atoms with Crippen LogP contribution in [-0.4, -0.2) is 21.7 Å². The second-order valence-electron chi connectivity index (χ2n) is 9.31. The zero-order valence-electron chi connectivity index (χ0n) is 20.5. The third-order valence-electron chi connectivity index (χ3n) is 7.08. The van der Waals surface area contributed by atoms with Crippen molar-refractivity contribution in [2.75, 3.05) is 0 Å². The summed E-state index contributed by atoms with van der Waals surface area (Å²) < 4.78 is 2.25. The Morgan fingerprint density at radius 1 is 0.526 bits per heavy atom. The lowest BCUT2D eigenvalue weighted by Crippen LogP contribution is -2.26. The van der Waals surface area contributed by atoms with E-state index in [0.29, 0.717) is 36.8 Å². The molecule has 8 nitrogen and oxygen atoms in total. The minimum atomic E-state index is -0.499. The SMILES string of the molecule is O=Cc1ccccc1CCCn1c(=O)c2cc3c(=O)n(CCCc4ccccc4C=O)c(=O)c3cc2c1=O. The summed E-state index contributed by atoms with van der Waals surface area (Å²) in [5, 5.41) is 0.463. The van der Waals surface area contributed by atoms with Crippen LogP contribution in [0.3, 0.4) is 0 Å². The van der Waals surface area contributed by atoms with Crippen LogP contribution < -0.4 is 22.2 Å². The third kappa shape index (κ3) is 4.34.